The van der Waals surface area contributed by atoms with E-state index in [1.165, 1.54) is 0 Å². The highest BCUT2D eigenvalue weighted by molar-refractivity contribution is 5.80. The minimum absolute atomic E-state index is 0.121. The number of hydrogen-bond acceptors (Lipinski definition) is 5. The van der Waals surface area contributed by atoms with Crippen molar-refractivity contribution in [2.75, 3.05) is 26.7 Å². The van der Waals surface area contributed by atoms with Crippen molar-refractivity contribution in [2.24, 2.45) is 10.9 Å². The van der Waals surface area contributed by atoms with Crippen molar-refractivity contribution in [1.29, 1.82) is 0 Å². The Bertz CT molecular complexity index is 611. The molecule has 1 saturated heterocycles. The number of rotatable bonds is 5. The van der Waals surface area contributed by atoms with Gasteiger partial charge in [0.25, 0.3) is 0 Å². The van der Waals surface area contributed by atoms with Crippen molar-refractivity contribution in [3.05, 3.63) is 11.7 Å². The molecule has 0 radical (unpaired) electrons. The van der Waals surface area contributed by atoms with Gasteiger partial charge in [-0.2, -0.15) is 4.98 Å². The van der Waals surface area contributed by atoms with Crippen LogP contribution in [0.15, 0.2) is 9.52 Å². The zero-order chi connectivity index (χ0) is 19.2. The summed E-state index contributed by atoms with van der Waals surface area (Å²) in [5.74, 6) is 2.66. The standard InChI is InChI=1S/C18H32N6O2/c1-6-20-17(21-12-14-22-16(26-23-14)18(2,3)4)24-9-7-13(8-10-24)11-15(25)19-5/h13H,6-12H2,1-5H3,(H,19,25)(H,20,21). The lowest BCUT2D eigenvalue weighted by atomic mass is 9.93. The van der Waals surface area contributed by atoms with Crippen molar-refractivity contribution >= 4 is 11.9 Å². The first-order chi connectivity index (χ1) is 12.3. The van der Waals surface area contributed by atoms with Gasteiger partial charge in [0.15, 0.2) is 11.8 Å². The second-order valence-electron chi connectivity index (χ2n) is 7.74. The molecule has 2 rings (SSSR count). The van der Waals surface area contributed by atoms with Crippen LogP contribution in [0.4, 0.5) is 0 Å². The quantitative estimate of drug-likeness (QED) is 0.610. The van der Waals surface area contributed by atoms with Crippen molar-refractivity contribution in [1.82, 2.24) is 25.7 Å². The van der Waals surface area contributed by atoms with Gasteiger partial charge >= 0.3 is 0 Å². The summed E-state index contributed by atoms with van der Waals surface area (Å²) in [4.78, 5) is 22.9. The number of piperidine rings is 1. The smallest absolute Gasteiger partial charge is 0.232 e. The molecule has 1 aliphatic heterocycles. The first-order valence-corrected chi connectivity index (χ1v) is 9.40. The van der Waals surface area contributed by atoms with E-state index in [1.807, 2.05) is 20.8 Å². The monoisotopic (exact) mass is 364 g/mol. The molecular weight excluding hydrogens is 332 g/mol. The lowest BCUT2D eigenvalue weighted by Crippen LogP contribution is -2.46. The molecule has 0 aliphatic carbocycles. The molecule has 8 nitrogen and oxygen atoms in total. The van der Waals surface area contributed by atoms with Crippen LogP contribution in [-0.4, -0.2) is 53.6 Å². The molecule has 146 valence electrons. The summed E-state index contributed by atoms with van der Waals surface area (Å²) in [5.41, 5.74) is -0.161. The average Bonchev–Trinajstić information content (AvgIpc) is 3.08. The van der Waals surface area contributed by atoms with E-state index in [4.69, 9.17) is 4.52 Å². The van der Waals surface area contributed by atoms with E-state index in [9.17, 15) is 4.79 Å². The second kappa shape index (κ2) is 9.00. The lowest BCUT2D eigenvalue weighted by molar-refractivity contribution is -0.121. The molecule has 8 heteroatoms. The third-order valence-corrected chi connectivity index (χ3v) is 4.48. The number of nitrogens with one attached hydrogen (secondary N) is 2. The van der Waals surface area contributed by atoms with Gasteiger partial charge in [0.2, 0.25) is 11.8 Å². The fourth-order valence-electron chi connectivity index (χ4n) is 2.91. The summed E-state index contributed by atoms with van der Waals surface area (Å²) in [6.07, 6.45) is 2.60. The fourth-order valence-corrected chi connectivity index (χ4v) is 2.91. The van der Waals surface area contributed by atoms with Crippen LogP contribution in [0, 0.1) is 5.92 Å². The van der Waals surface area contributed by atoms with E-state index < -0.39 is 0 Å². The lowest BCUT2D eigenvalue weighted by Gasteiger charge is -2.34. The number of aliphatic imine (C=N–C) groups is 1. The normalized spacial score (nSPS) is 16.7. The zero-order valence-corrected chi connectivity index (χ0v) is 16.6. The van der Waals surface area contributed by atoms with Crippen molar-refractivity contribution in [3.63, 3.8) is 0 Å². The van der Waals surface area contributed by atoms with E-state index in [-0.39, 0.29) is 11.3 Å². The molecule has 0 bridgehead atoms. The Labute approximate surface area is 155 Å². The topological polar surface area (TPSA) is 95.7 Å². The number of nitrogens with zero attached hydrogens (tertiary/aromatic N) is 4. The minimum atomic E-state index is -0.161. The maximum absolute atomic E-state index is 11.5. The van der Waals surface area contributed by atoms with Gasteiger partial charge in [0, 0.05) is 38.5 Å². The van der Waals surface area contributed by atoms with Gasteiger partial charge in [-0.05, 0) is 25.7 Å². The maximum atomic E-state index is 11.5. The number of guanidine groups is 1. The van der Waals surface area contributed by atoms with Crippen LogP contribution in [0.3, 0.4) is 0 Å². The molecule has 2 heterocycles. The molecule has 0 saturated carbocycles. The summed E-state index contributed by atoms with van der Waals surface area (Å²) in [5, 5.41) is 10.1. The van der Waals surface area contributed by atoms with Crippen molar-refractivity contribution in [2.45, 2.75) is 58.9 Å². The first kappa shape index (κ1) is 20.2. The molecule has 1 amide bonds. The van der Waals surface area contributed by atoms with Gasteiger partial charge in [-0.1, -0.05) is 25.9 Å². The second-order valence-corrected chi connectivity index (χ2v) is 7.74. The van der Waals surface area contributed by atoms with E-state index in [1.54, 1.807) is 7.05 Å². The molecule has 26 heavy (non-hydrogen) atoms. The average molecular weight is 364 g/mol. The molecule has 0 atom stereocenters. The predicted molar refractivity (Wildman–Crippen MR) is 101 cm³/mol. The van der Waals surface area contributed by atoms with Crippen LogP contribution >= 0.6 is 0 Å². The highest BCUT2D eigenvalue weighted by Crippen LogP contribution is 2.21. The summed E-state index contributed by atoms with van der Waals surface area (Å²) >= 11 is 0. The molecule has 0 aromatic carbocycles. The predicted octanol–water partition coefficient (Wildman–Crippen LogP) is 1.68. The number of aromatic nitrogens is 2. The molecule has 1 aromatic rings. The van der Waals surface area contributed by atoms with Gasteiger partial charge in [-0.15, -0.1) is 0 Å². The Morgan fingerprint density at radius 1 is 1.35 bits per heavy atom. The molecule has 1 fully saturated rings. The number of hydrogen-bond donors (Lipinski definition) is 2. The highest BCUT2D eigenvalue weighted by Gasteiger charge is 2.24. The van der Waals surface area contributed by atoms with Crippen LogP contribution in [0.25, 0.3) is 0 Å². The minimum Gasteiger partial charge on any atom is -0.359 e. The zero-order valence-electron chi connectivity index (χ0n) is 16.6. The summed E-state index contributed by atoms with van der Waals surface area (Å²) < 4.78 is 5.33. The van der Waals surface area contributed by atoms with Gasteiger partial charge in [-0.25, -0.2) is 4.99 Å². The van der Waals surface area contributed by atoms with Crippen LogP contribution < -0.4 is 10.6 Å². The van der Waals surface area contributed by atoms with E-state index in [2.05, 4.69) is 37.6 Å². The van der Waals surface area contributed by atoms with Gasteiger partial charge < -0.3 is 20.1 Å². The first-order valence-electron chi connectivity index (χ1n) is 9.40. The highest BCUT2D eigenvalue weighted by atomic mass is 16.5. The Balaban J connectivity index is 1.95. The van der Waals surface area contributed by atoms with Crippen LogP contribution in [0.5, 0.6) is 0 Å². The Morgan fingerprint density at radius 3 is 2.58 bits per heavy atom. The number of likely N-dealkylation sites (tertiary alicyclic amines) is 1. The van der Waals surface area contributed by atoms with Crippen LogP contribution in [0.1, 0.15) is 58.7 Å². The van der Waals surface area contributed by atoms with Crippen LogP contribution in [0.2, 0.25) is 0 Å². The number of carbonyl (C=O) groups excluding carboxylic acids is 1. The summed E-state index contributed by atoms with van der Waals surface area (Å²) in [7, 11) is 1.69. The Hall–Kier alpha value is -2.12. The van der Waals surface area contributed by atoms with E-state index in [0.717, 1.165) is 38.4 Å². The van der Waals surface area contributed by atoms with E-state index >= 15 is 0 Å². The van der Waals surface area contributed by atoms with Gasteiger partial charge in [-0.3, -0.25) is 4.79 Å². The summed E-state index contributed by atoms with van der Waals surface area (Å²) in [6, 6.07) is 0. The molecule has 2 N–H and O–H groups in total. The largest absolute Gasteiger partial charge is 0.359 e. The van der Waals surface area contributed by atoms with E-state index in [0.29, 0.717) is 30.6 Å². The van der Waals surface area contributed by atoms with Crippen molar-refractivity contribution < 1.29 is 9.32 Å². The Kier molecular flexibility index (Phi) is 6.99. The van der Waals surface area contributed by atoms with Crippen molar-refractivity contribution in [3.8, 4) is 0 Å². The number of carbonyl (C=O) groups is 1. The third kappa shape index (κ3) is 5.71. The number of amides is 1. The van der Waals surface area contributed by atoms with Gasteiger partial charge in [0.1, 0.15) is 6.54 Å². The fraction of sp³-hybridized carbons (Fsp3) is 0.778. The summed E-state index contributed by atoms with van der Waals surface area (Å²) in [6.45, 7) is 11.2. The van der Waals surface area contributed by atoms with Crippen LogP contribution in [-0.2, 0) is 16.8 Å². The molecule has 0 spiro atoms. The Morgan fingerprint density at radius 2 is 2.04 bits per heavy atom. The molecule has 1 aliphatic rings. The molecular formula is C18H32N6O2. The third-order valence-electron chi connectivity index (χ3n) is 4.48. The van der Waals surface area contributed by atoms with Gasteiger partial charge in [0.05, 0.1) is 0 Å². The maximum Gasteiger partial charge on any atom is 0.232 e. The SMILES string of the molecule is CCNC(=NCc1noc(C(C)(C)C)n1)N1CCC(CC(=O)NC)CC1. The molecule has 0 unspecified atom stereocenters. The molecule has 1 aromatic heterocycles.